The summed E-state index contributed by atoms with van der Waals surface area (Å²) in [6, 6.07) is 2.36. The lowest BCUT2D eigenvalue weighted by Gasteiger charge is -2.17. The summed E-state index contributed by atoms with van der Waals surface area (Å²) in [5, 5.41) is 0. The molecule has 0 radical (unpaired) electrons. The fourth-order valence-corrected chi connectivity index (χ4v) is 5.34. The van der Waals surface area contributed by atoms with Crippen LogP contribution in [0.1, 0.15) is 44.2 Å². The maximum Gasteiger partial charge on any atom is 0.288 e. The molecule has 1 aromatic carbocycles. The van der Waals surface area contributed by atoms with Gasteiger partial charge in [0.1, 0.15) is 16.5 Å². The third-order valence-electron chi connectivity index (χ3n) is 4.35. The number of aromatic nitrogens is 1. The molecule has 0 amide bonds. The SMILES string of the molecule is Cc1c(C(C)(C)C)s/c(=N\S(=O)(=O)c2cc(F)ccc2F)n1CC1CC1. The van der Waals surface area contributed by atoms with Crippen molar-refractivity contribution in [1.82, 2.24) is 4.57 Å². The first-order valence-electron chi connectivity index (χ1n) is 8.46. The zero-order chi connectivity index (χ0) is 19.3. The molecule has 1 heterocycles. The quantitative estimate of drug-likeness (QED) is 0.775. The summed E-state index contributed by atoms with van der Waals surface area (Å²) in [5.74, 6) is -1.30. The third kappa shape index (κ3) is 3.91. The van der Waals surface area contributed by atoms with Gasteiger partial charge in [0, 0.05) is 17.1 Å². The maximum absolute atomic E-state index is 14.0. The average Bonchev–Trinajstić information content (AvgIpc) is 3.28. The van der Waals surface area contributed by atoms with Crippen LogP contribution in [0, 0.1) is 24.5 Å². The normalized spacial score (nSPS) is 16.3. The summed E-state index contributed by atoms with van der Waals surface area (Å²) in [5.41, 5.74) is 0.810. The summed E-state index contributed by atoms with van der Waals surface area (Å²) < 4.78 is 58.4. The first-order chi connectivity index (χ1) is 12.0. The molecular weight excluding hydrogens is 378 g/mol. The van der Waals surface area contributed by atoms with Gasteiger partial charge in [0.25, 0.3) is 10.0 Å². The predicted octanol–water partition coefficient (Wildman–Crippen LogP) is 4.13. The van der Waals surface area contributed by atoms with E-state index in [1.165, 1.54) is 11.3 Å². The van der Waals surface area contributed by atoms with Crippen LogP contribution >= 0.6 is 11.3 Å². The molecule has 0 bridgehead atoms. The van der Waals surface area contributed by atoms with Gasteiger partial charge in [0.05, 0.1) is 0 Å². The second kappa shape index (κ2) is 6.56. The smallest absolute Gasteiger partial charge is 0.288 e. The Kier molecular flexibility index (Phi) is 4.85. The fourth-order valence-electron chi connectivity index (χ4n) is 2.85. The van der Waals surface area contributed by atoms with Crippen molar-refractivity contribution in [2.24, 2.45) is 10.3 Å². The molecule has 0 spiro atoms. The van der Waals surface area contributed by atoms with Gasteiger partial charge in [0.15, 0.2) is 0 Å². The monoisotopic (exact) mass is 400 g/mol. The lowest BCUT2D eigenvalue weighted by molar-refractivity contribution is 0.550. The van der Waals surface area contributed by atoms with E-state index in [9.17, 15) is 17.2 Å². The van der Waals surface area contributed by atoms with E-state index in [1.54, 1.807) is 0 Å². The molecule has 0 saturated heterocycles. The number of thiazole rings is 1. The molecule has 1 fully saturated rings. The van der Waals surface area contributed by atoms with Crippen molar-refractivity contribution >= 4 is 21.4 Å². The Labute approximate surface area is 156 Å². The van der Waals surface area contributed by atoms with Crippen molar-refractivity contribution in [3.8, 4) is 0 Å². The number of benzene rings is 1. The van der Waals surface area contributed by atoms with Crippen LogP contribution in [0.2, 0.25) is 0 Å². The lowest BCUT2D eigenvalue weighted by Crippen LogP contribution is -2.20. The highest BCUT2D eigenvalue weighted by molar-refractivity contribution is 7.90. The van der Waals surface area contributed by atoms with E-state index in [1.807, 2.05) is 11.5 Å². The van der Waals surface area contributed by atoms with E-state index in [0.717, 1.165) is 35.5 Å². The Morgan fingerprint density at radius 2 is 1.92 bits per heavy atom. The molecule has 4 nitrogen and oxygen atoms in total. The summed E-state index contributed by atoms with van der Waals surface area (Å²) in [7, 11) is -4.35. The minimum atomic E-state index is -4.35. The molecule has 0 N–H and O–H groups in total. The number of sulfonamides is 1. The maximum atomic E-state index is 14.0. The highest BCUT2D eigenvalue weighted by Gasteiger charge is 2.28. The number of rotatable bonds is 4. The number of nitrogens with zero attached hydrogens (tertiary/aromatic N) is 2. The van der Waals surface area contributed by atoms with Crippen molar-refractivity contribution in [1.29, 1.82) is 0 Å². The number of hydrogen-bond acceptors (Lipinski definition) is 3. The van der Waals surface area contributed by atoms with Crippen LogP contribution in [0.25, 0.3) is 0 Å². The van der Waals surface area contributed by atoms with Gasteiger partial charge < -0.3 is 4.57 Å². The van der Waals surface area contributed by atoms with Crippen molar-refractivity contribution in [3.63, 3.8) is 0 Å². The van der Waals surface area contributed by atoms with Crippen LogP contribution in [0.5, 0.6) is 0 Å². The van der Waals surface area contributed by atoms with Crippen molar-refractivity contribution in [3.05, 3.63) is 45.2 Å². The molecule has 1 saturated carbocycles. The van der Waals surface area contributed by atoms with Gasteiger partial charge in [-0.3, -0.25) is 0 Å². The van der Waals surface area contributed by atoms with Gasteiger partial charge in [-0.05, 0) is 49.3 Å². The Morgan fingerprint density at radius 3 is 2.50 bits per heavy atom. The molecule has 0 atom stereocenters. The van der Waals surface area contributed by atoms with Crippen LogP contribution in [0.3, 0.4) is 0 Å². The fraction of sp³-hybridized carbons (Fsp3) is 0.500. The van der Waals surface area contributed by atoms with Crippen LogP contribution in [0.4, 0.5) is 8.78 Å². The van der Waals surface area contributed by atoms with E-state index in [-0.39, 0.29) is 5.41 Å². The van der Waals surface area contributed by atoms with Gasteiger partial charge in [-0.25, -0.2) is 8.78 Å². The average molecular weight is 401 g/mol. The van der Waals surface area contributed by atoms with E-state index in [2.05, 4.69) is 25.2 Å². The van der Waals surface area contributed by atoms with Gasteiger partial charge in [0.2, 0.25) is 4.80 Å². The highest BCUT2D eigenvalue weighted by atomic mass is 32.2. The summed E-state index contributed by atoms with van der Waals surface area (Å²) in [4.78, 5) is 0.605. The number of halogens is 2. The van der Waals surface area contributed by atoms with Crippen LogP contribution in [0.15, 0.2) is 27.5 Å². The zero-order valence-corrected chi connectivity index (χ0v) is 16.8. The van der Waals surface area contributed by atoms with E-state index in [4.69, 9.17) is 0 Å². The summed E-state index contributed by atoms with van der Waals surface area (Å²) in [6.45, 7) is 8.81. The first kappa shape index (κ1) is 19.2. The molecule has 1 aromatic heterocycles. The van der Waals surface area contributed by atoms with Crippen LogP contribution in [-0.2, 0) is 22.0 Å². The van der Waals surface area contributed by atoms with Crippen molar-refractivity contribution < 1.29 is 17.2 Å². The standard InChI is InChI=1S/C18H22F2N2O2S2/c1-11-16(18(2,3)4)25-17(22(11)10-12-5-6-12)21-26(23,24)15-9-13(19)7-8-14(15)20/h7-9,12H,5-6,10H2,1-4H3/b21-17-. The predicted molar refractivity (Wildman–Crippen MR) is 97.6 cm³/mol. The molecule has 3 rings (SSSR count). The third-order valence-corrected chi connectivity index (χ3v) is 7.35. The van der Waals surface area contributed by atoms with Crippen molar-refractivity contribution in [2.45, 2.75) is 57.4 Å². The first-order valence-corrected chi connectivity index (χ1v) is 10.7. The van der Waals surface area contributed by atoms with Gasteiger partial charge >= 0.3 is 0 Å². The Hall–Kier alpha value is -1.54. The van der Waals surface area contributed by atoms with Crippen molar-refractivity contribution in [2.75, 3.05) is 0 Å². The second-order valence-corrected chi connectivity index (χ2v) is 10.3. The van der Waals surface area contributed by atoms with Crippen LogP contribution < -0.4 is 4.80 Å². The molecule has 26 heavy (non-hydrogen) atoms. The zero-order valence-electron chi connectivity index (χ0n) is 15.2. The van der Waals surface area contributed by atoms with Gasteiger partial charge in [-0.2, -0.15) is 8.42 Å². The highest BCUT2D eigenvalue weighted by Crippen LogP contribution is 2.33. The Morgan fingerprint density at radius 1 is 1.27 bits per heavy atom. The van der Waals surface area contributed by atoms with Gasteiger partial charge in [-0.15, -0.1) is 15.7 Å². The van der Waals surface area contributed by atoms with Gasteiger partial charge in [-0.1, -0.05) is 20.8 Å². The molecule has 8 heteroatoms. The van der Waals surface area contributed by atoms with E-state index < -0.39 is 26.6 Å². The Bertz CT molecular complexity index is 1010. The largest absolute Gasteiger partial charge is 0.320 e. The molecule has 1 aliphatic carbocycles. The summed E-state index contributed by atoms with van der Waals surface area (Å²) in [6.07, 6.45) is 2.22. The molecule has 0 aliphatic heterocycles. The molecular formula is C18H22F2N2O2S2. The second-order valence-electron chi connectivity index (χ2n) is 7.74. The minimum Gasteiger partial charge on any atom is -0.320 e. The summed E-state index contributed by atoms with van der Waals surface area (Å²) >= 11 is 1.30. The minimum absolute atomic E-state index is 0.165. The van der Waals surface area contributed by atoms with E-state index in [0.29, 0.717) is 23.3 Å². The molecule has 1 aliphatic rings. The Balaban J connectivity index is 2.19. The lowest BCUT2D eigenvalue weighted by atomic mass is 9.93. The topological polar surface area (TPSA) is 51.4 Å². The van der Waals surface area contributed by atoms with Crippen LogP contribution in [-0.4, -0.2) is 13.0 Å². The molecule has 2 aromatic rings. The molecule has 142 valence electrons. The van der Waals surface area contributed by atoms with E-state index >= 15 is 0 Å². The molecule has 0 unspecified atom stereocenters. The number of hydrogen-bond donors (Lipinski definition) is 0.